The molecule has 3 N–H and O–H groups in total. The van der Waals surface area contributed by atoms with Crippen LogP contribution in [0.4, 0.5) is 0 Å². The molecule has 0 aliphatic heterocycles. The Labute approximate surface area is 77.5 Å². The second kappa shape index (κ2) is 4.23. The van der Waals surface area contributed by atoms with Crippen molar-refractivity contribution in [1.82, 2.24) is 4.90 Å². The average Bonchev–Trinajstić information content (AvgIpc) is 2.03. The quantitative estimate of drug-likeness (QED) is 0.632. The van der Waals surface area contributed by atoms with E-state index in [1.165, 1.54) is 25.8 Å². The van der Waals surface area contributed by atoms with E-state index in [4.69, 9.17) is 10.8 Å². The summed E-state index contributed by atoms with van der Waals surface area (Å²) in [6, 6.07) is 0. The van der Waals surface area contributed by atoms with Gasteiger partial charge in [-0.1, -0.05) is 0 Å². The highest BCUT2D eigenvalue weighted by Gasteiger charge is 2.34. The summed E-state index contributed by atoms with van der Waals surface area (Å²) in [6.07, 6.45) is 0.174. The molecule has 0 saturated heterocycles. The third-order valence-electron chi connectivity index (χ3n) is 2.09. The summed E-state index contributed by atoms with van der Waals surface area (Å²) in [7, 11) is 1.46. The maximum absolute atomic E-state index is 11.3. The maximum atomic E-state index is 11.3. The molecule has 0 rings (SSSR count). The Morgan fingerprint density at radius 2 is 1.92 bits per heavy atom. The van der Waals surface area contributed by atoms with Gasteiger partial charge < -0.3 is 15.7 Å². The average molecular weight is 188 g/mol. The third kappa shape index (κ3) is 2.69. The molecule has 0 aromatic heterocycles. The van der Waals surface area contributed by atoms with E-state index < -0.39 is 11.5 Å². The van der Waals surface area contributed by atoms with E-state index in [1.807, 2.05) is 0 Å². The van der Waals surface area contributed by atoms with Crippen molar-refractivity contribution < 1.29 is 14.7 Å². The lowest BCUT2D eigenvalue weighted by Gasteiger charge is -2.31. The third-order valence-corrected chi connectivity index (χ3v) is 2.09. The van der Waals surface area contributed by atoms with Crippen LogP contribution in [0.15, 0.2) is 0 Å². The number of hydrogen-bond donors (Lipinski definition) is 2. The zero-order valence-electron chi connectivity index (χ0n) is 8.20. The van der Waals surface area contributed by atoms with Crippen molar-refractivity contribution >= 4 is 11.9 Å². The summed E-state index contributed by atoms with van der Waals surface area (Å²) in [5.41, 5.74) is 4.02. The first-order chi connectivity index (χ1) is 5.84. The highest BCUT2D eigenvalue weighted by atomic mass is 16.4. The number of carbonyl (C=O) groups excluding carboxylic acids is 1. The Morgan fingerprint density at radius 3 is 2.23 bits per heavy atom. The molecule has 0 aliphatic rings. The van der Waals surface area contributed by atoms with E-state index in [2.05, 4.69) is 0 Å². The van der Waals surface area contributed by atoms with Gasteiger partial charge in [-0.25, -0.2) is 4.79 Å². The van der Waals surface area contributed by atoms with Crippen LogP contribution in [0.5, 0.6) is 0 Å². The molecule has 5 nitrogen and oxygen atoms in total. The number of hydrogen-bond acceptors (Lipinski definition) is 3. The Bertz CT molecular complexity index is 213. The first-order valence-corrected chi connectivity index (χ1v) is 4.04. The highest BCUT2D eigenvalue weighted by molar-refractivity contribution is 5.86. The molecule has 5 heteroatoms. The molecular formula is C8H16N2O3. The van der Waals surface area contributed by atoms with Crippen LogP contribution in [0.3, 0.4) is 0 Å². The fraction of sp³-hybridized carbons (Fsp3) is 0.750. The van der Waals surface area contributed by atoms with E-state index in [0.29, 0.717) is 0 Å². The predicted molar refractivity (Wildman–Crippen MR) is 48.2 cm³/mol. The first-order valence-electron chi connectivity index (χ1n) is 4.04. The number of nitrogens with zero attached hydrogens (tertiary/aromatic N) is 1. The van der Waals surface area contributed by atoms with Crippen LogP contribution >= 0.6 is 0 Å². The number of carbonyl (C=O) groups is 2. The molecule has 0 aromatic carbocycles. The normalized spacial score (nSPS) is 11.1. The first kappa shape index (κ1) is 11.9. The number of rotatable bonds is 4. The largest absolute Gasteiger partial charge is 0.480 e. The molecule has 0 fully saturated rings. The van der Waals surface area contributed by atoms with Gasteiger partial charge in [0.2, 0.25) is 5.91 Å². The van der Waals surface area contributed by atoms with Crippen LogP contribution in [0.25, 0.3) is 0 Å². The molecular weight excluding hydrogens is 172 g/mol. The van der Waals surface area contributed by atoms with Gasteiger partial charge in [0.1, 0.15) is 5.54 Å². The molecule has 0 aliphatic carbocycles. The van der Waals surface area contributed by atoms with Crippen LogP contribution < -0.4 is 5.73 Å². The Morgan fingerprint density at radius 1 is 1.46 bits per heavy atom. The Kier molecular flexibility index (Phi) is 3.87. The minimum atomic E-state index is -1.17. The molecule has 0 spiro atoms. The van der Waals surface area contributed by atoms with Gasteiger partial charge in [0.15, 0.2) is 0 Å². The zero-order chi connectivity index (χ0) is 10.6. The smallest absolute Gasteiger partial charge is 0.329 e. The van der Waals surface area contributed by atoms with Gasteiger partial charge in [0, 0.05) is 20.0 Å². The molecule has 0 saturated carbocycles. The molecule has 0 atom stereocenters. The van der Waals surface area contributed by atoms with Crippen LogP contribution in [0, 0.1) is 0 Å². The summed E-state index contributed by atoms with van der Waals surface area (Å²) < 4.78 is 0. The van der Waals surface area contributed by atoms with E-state index in [-0.39, 0.29) is 18.9 Å². The molecule has 0 heterocycles. The number of nitrogens with two attached hydrogens (primary N) is 1. The van der Waals surface area contributed by atoms with E-state index in [0.717, 1.165) is 0 Å². The monoisotopic (exact) mass is 188 g/mol. The summed E-state index contributed by atoms with van der Waals surface area (Å²) in [6.45, 7) is 3.19. The van der Waals surface area contributed by atoms with Crippen LogP contribution in [-0.2, 0) is 9.59 Å². The Balaban J connectivity index is 4.48. The van der Waals surface area contributed by atoms with E-state index in [9.17, 15) is 9.59 Å². The van der Waals surface area contributed by atoms with Gasteiger partial charge in [-0.3, -0.25) is 4.79 Å². The predicted octanol–water partition coefficient (Wildman–Crippen LogP) is -0.343. The molecule has 0 unspecified atom stereocenters. The van der Waals surface area contributed by atoms with Crippen LogP contribution in [-0.4, -0.2) is 41.0 Å². The lowest BCUT2D eigenvalue weighted by atomic mass is 10.0. The number of carboxylic acid groups (broad SMARTS) is 1. The lowest BCUT2D eigenvalue weighted by Crippen LogP contribution is -2.51. The van der Waals surface area contributed by atoms with Crippen LogP contribution in [0.2, 0.25) is 0 Å². The van der Waals surface area contributed by atoms with Gasteiger partial charge in [-0.15, -0.1) is 0 Å². The minimum absolute atomic E-state index is 0.174. The zero-order valence-corrected chi connectivity index (χ0v) is 8.20. The van der Waals surface area contributed by atoms with Gasteiger partial charge >= 0.3 is 5.97 Å². The van der Waals surface area contributed by atoms with Crippen molar-refractivity contribution in [1.29, 1.82) is 0 Å². The molecule has 76 valence electrons. The second-order valence-electron chi connectivity index (χ2n) is 3.36. The molecule has 0 bridgehead atoms. The standard InChI is InChI=1S/C8H16N2O3/c1-8(2,7(12)13)10(3)6(11)4-5-9/h4-5,9H2,1-3H3,(H,12,13). The lowest BCUT2D eigenvalue weighted by molar-refractivity contribution is -0.155. The summed E-state index contributed by atoms with van der Waals surface area (Å²) in [5, 5.41) is 8.80. The number of likely N-dealkylation sites (N-methyl/N-ethyl adjacent to an activating group) is 1. The fourth-order valence-electron chi connectivity index (χ4n) is 0.746. The molecule has 0 aromatic rings. The van der Waals surface area contributed by atoms with Gasteiger partial charge in [0.05, 0.1) is 0 Å². The van der Waals surface area contributed by atoms with Crippen molar-refractivity contribution in [3.05, 3.63) is 0 Å². The highest BCUT2D eigenvalue weighted by Crippen LogP contribution is 2.13. The molecule has 13 heavy (non-hydrogen) atoms. The molecule has 0 radical (unpaired) electrons. The number of carboxylic acids is 1. The minimum Gasteiger partial charge on any atom is -0.480 e. The van der Waals surface area contributed by atoms with Gasteiger partial charge in [-0.2, -0.15) is 0 Å². The van der Waals surface area contributed by atoms with Crippen molar-refractivity contribution in [2.75, 3.05) is 13.6 Å². The summed E-state index contributed by atoms with van der Waals surface area (Å²) in [4.78, 5) is 23.2. The summed E-state index contributed by atoms with van der Waals surface area (Å²) in [5.74, 6) is -1.28. The fourth-order valence-corrected chi connectivity index (χ4v) is 0.746. The van der Waals surface area contributed by atoms with E-state index in [1.54, 1.807) is 0 Å². The number of amides is 1. The van der Waals surface area contributed by atoms with Crippen molar-refractivity contribution in [3.8, 4) is 0 Å². The van der Waals surface area contributed by atoms with Crippen LogP contribution in [0.1, 0.15) is 20.3 Å². The molecule has 1 amide bonds. The van der Waals surface area contributed by atoms with Gasteiger partial charge in [-0.05, 0) is 13.8 Å². The van der Waals surface area contributed by atoms with E-state index >= 15 is 0 Å². The maximum Gasteiger partial charge on any atom is 0.329 e. The second-order valence-corrected chi connectivity index (χ2v) is 3.36. The van der Waals surface area contributed by atoms with Crippen molar-refractivity contribution in [2.24, 2.45) is 5.73 Å². The van der Waals surface area contributed by atoms with Crippen molar-refractivity contribution in [3.63, 3.8) is 0 Å². The topological polar surface area (TPSA) is 83.6 Å². The van der Waals surface area contributed by atoms with Gasteiger partial charge in [0.25, 0.3) is 0 Å². The Hall–Kier alpha value is -1.10. The SMILES string of the molecule is CN(C(=O)CCN)C(C)(C)C(=O)O. The number of aliphatic carboxylic acids is 1. The summed E-state index contributed by atoms with van der Waals surface area (Å²) >= 11 is 0. The van der Waals surface area contributed by atoms with Crippen molar-refractivity contribution in [2.45, 2.75) is 25.8 Å².